The molecule has 31 heavy (non-hydrogen) atoms. The number of ketones is 1. The topological polar surface area (TPSA) is 58.2 Å². The number of rotatable bonds is 8. The van der Waals surface area contributed by atoms with Crippen LogP contribution in [0.15, 0.2) is 12.1 Å². The number of aromatic nitrogens is 2. The van der Waals surface area contributed by atoms with Gasteiger partial charge in [0.15, 0.2) is 5.82 Å². The van der Waals surface area contributed by atoms with Crippen molar-refractivity contribution < 1.29 is 13.9 Å². The highest BCUT2D eigenvalue weighted by Crippen LogP contribution is 2.40. The van der Waals surface area contributed by atoms with Gasteiger partial charge in [-0.1, -0.05) is 20.8 Å². The number of methoxy groups -OCH3 is 1. The van der Waals surface area contributed by atoms with E-state index in [0.29, 0.717) is 58.9 Å². The Kier molecular flexibility index (Phi) is 6.38. The number of nitrogens with one attached hydrogen (secondary N) is 1. The number of H-pyrrole nitrogens is 1. The van der Waals surface area contributed by atoms with Crippen LogP contribution in [0.4, 0.5) is 4.39 Å². The van der Waals surface area contributed by atoms with Crippen LogP contribution < -0.4 is 4.74 Å². The first-order valence-electron chi connectivity index (χ1n) is 11.7. The summed E-state index contributed by atoms with van der Waals surface area (Å²) in [4.78, 5) is 22.8. The smallest absolute Gasteiger partial charge is 0.154 e. The van der Waals surface area contributed by atoms with Crippen LogP contribution in [0.25, 0.3) is 11.0 Å². The van der Waals surface area contributed by atoms with Crippen molar-refractivity contribution >= 4 is 16.8 Å². The van der Waals surface area contributed by atoms with Crippen LogP contribution >= 0.6 is 0 Å². The van der Waals surface area contributed by atoms with Gasteiger partial charge in [-0.05, 0) is 49.9 Å². The molecule has 2 bridgehead atoms. The summed E-state index contributed by atoms with van der Waals surface area (Å²) in [6.45, 7) is 7.31. The van der Waals surface area contributed by atoms with E-state index < -0.39 is 0 Å². The van der Waals surface area contributed by atoms with Crippen LogP contribution in [0.5, 0.6) is 5.75 Å². The Morgan fingerprint density at radius 3 is 2.61 bits per heavy atom. The summed E-state index contributed by atoms with van der Waals surface area (Å²) in [6.07, 6.45) is 8.16. The van der Waals surface area contributed by atoms with Crippen molar-refractivity contribution in [3.63, 3.8) is 0 Å². The molecule has 2 aliphatic heterocycles. The number of carbonyl (C=O) groups excluding carboxylic acids is 1. The highest BCUT2D eigenvalue weighted by Gasteiger charge is 2.41. The minimum atomic E-state index is -0.350. The normalized spacial score (nSPS) is 24.1. The molecule has 0 amide bonds. The maximum Gasteiger partial charge on any atom is 0.154 e. The van der Waals surface area contributed by atoms with E-state index in [9.17, 15) is 9.18 Å². The minimum Gasteiger partial charge on any atom is -0.497 e. The lowest BCUT2D eigenvalue weighted by Crippen LogP contribution is -2.45. The van der Waals surface area contributed by atoms with Gasteiger partial charge in [-0.15, -0.1) is 0 Å². The molecular formula is C25H36FN3O2. The van der Waals surface area contributed by atoms with Crippen molar-refractivity contribution in [1.29, 1.82) is 0 Å². The van der Waals surface area contributed by atoms with E-state index >= 15 is 0 Å². The summed E-state index contributed by atoms with van der Waals surface area (Å²) in [5, 5.41) is 0. The number of benzene rings is 1. The van der Waals surface area contributed by atoms with E-state index in [1.807, 2.05) is 0 Å². The Hall–Kier alpha value is -1.95. The van der Waals surface area contributed by atoms with Gasteiger partial charge in [0.1, 0.15) is 22.9 Å². The number of nitrogens with zero attached hydrogens (tertiary/aromatic N) is 2. The number of carbonyl (C=O) groups is 1. The van der Waals surface area contributed by atoms with Crippen molar-refractivity contribution in [2.45, 2.75) is 84.2 Å². The molecule has 1 unspecified atom stereocenters. The number of piperidine rings is 1. The molecule has 1 N–H and O–H groups in total. The first kappa shape index (κ1) is 22.3. The molecule has 2 saturated heterocycles. The second-order valence-electron chi connectivity index (χ2n) is 10.7. The third-order valence-corrected chi connectivity index (χ3v) is 7.00. The number of Topliss-reactive ketones (excluding diaryl/α,β-unsaturated/α-hetero) is 1. The first-order chi connectivity index (χ1) is 14.7. The molecule has 0 saturated carbocycles. The van der Waals surface area contributed by atoms with E-state index in [2.05, 4.69) is 35.6 Å². The zero-order valence-corrected chi connectivity index (χ0v) is 19.3. The third kappa shape index (κ3) is 5.28. The first-order valence-corrected chi connectivity index (χ1v) is 11.7. The summed E-state index contributed by atoms with van der Waals surface area (Å²) in [5.74, 6) is 1.91. The Labute approximate surface area is 184 Å². The highest BCUT2D eigenvalue weighted by atomic mass is 19.1. The Bertz CT molecular complexity index is 919. The molecule has 0 radical (unpaired) electrons. The van der Waals surface area contributed by atoms with Gasteiger partial charge in [0.2, 0.25) is 0 Å². The maximum absolute atomic E-state index is 14.3. The van der Waals surface area contributed by atoms with Crippen molar-refractivity contribution in [2.24, 2.45) is 11.3 Å². The summed E-state index contributed by atoms with van der Waals surface area (Å²) >= 11 is 0. The van der Waals surface area contributed by atoms with E-state index in [1.165, 1.54) is 26.0 Å². The summed E-state index contributed by atoms with van der Waals surface area (Å²) in [7, 11) is 1.54. The zero-order valence-electron chi connectivity index (χ0n) is 19.3. The third-order valence-electron chi connectivity index (χ3n) is 7.00. The predicted octanol–water partition coefficient (Wildman–Crippen LogP) is 5.28. The highest BCUT2D eigenvalue weighted by molar-refractivity contribution is 5.80. The standard InChI is InChI=1S/C25H36FN3O2/c1-25(2,3)9-5-6-19(30)15-29-17-7-8-18(29)11-16(10-17)12-23-27-22-14-20(31-4)13-21(26)24(22)28-23/h13-14,16-18H,5-12,15H2,1-4H3,(H,27,28)/t16?,17-,18+. The summed E-state index contributed by atoms with van der Waals surface area (Å²) < 4.78 is 19.4. The van der Waals surface area contributed by atoms with Gasteiger partial charge in [-0.3, -0.25) is 9.69 Å². The van der Waals surface area contributed by atoms with Gasteiger partial charge in [0.25, 0.3) is 0 Å². The molecule has 1 aromatic carbocycles. The monoisotopic (exact) mass is 429 g/mol. The average molecular weight is 430 g/mol. The Morgan fingerprint density at radius 2 is 1.97 bits per heavy atom. The van der Waals surface area contributed by atoms with Crippen molar-refractivity contribution in [3.05, 3.63) is 23.8 Å². The lowest BCUT2D eigenvalue weighted by molar-refractivity contribution is -0.121. The molecule has 3 heterocycles. The fraction of sp³-hybridized carbons (Fsp3) is 0.680. The van der Waals surface area contributed by atoms with Crippen LogP contribution in [0.2, 0.25) is 0 Å². The number of aromatic amines is 1. The molecule has 0 spiro atoms. The lowest BCUT2D eigenvalue weighted by atomic mass is 9.87. The summed E-state index contributed by atoms with van der Waals surface area (Å²) in [6, 6.07) is 4.17. The lowest BCUT2D eigenvalue weighted by Gasteiger charge is -2.38. The van der Waals surface area contributed by atoms with Crippen molar-refractivity contribution in [1.82, 2.24) is 14.9 Å². The van der Waals surface area contributed by atoms with Gasteiger partial charge in [-0.2, -0.15) is 0 Å². The summed E-state index contributed by atoms with van der Waals surface area (Å²) in [5.41, 5.74) is 1.37. The second kappa shape index (κ2) is 8.89. The van der Waals surface area contributed by atoms with Gasteiger partial charge in [-0.25, -0.2) is 9.37 Å². The largest absolute Gasteiger partial charge is 0.497 e. The Morgan fingerprint density at radius 1 is 1.26 bits per heavy atom. The molecule has 2 aliphatic rings. The van der Waals surface area contributed by atoms with Crippen LogP contribution in [-0.2, 0) is 11.2 Å². The second-order valence-corrected chi connectivity index (χ2v) is 10.7. The van der Waals surface area contributed by atoms with E-state index in [0.717, 1.165) is 37.9 Å². The van der Waals surface area contributed by atoms with Crippen LogP contribution in [0, 0.1) is 17.2 Å². The van der Waals surface area contributed by atoms with Crippen LogP contribution in [0.1, 0.15) is 71.5 Å². The molecule has 2 aromatic rings. The molecule has 5 nitrogen and oxygen atoms in total. The van der Waals surface area contributed by atoms with Gasteiger partial charge in [0.05, 0.1) is 19.2 Å². The van der Waals surface area contributed by atoms with Gasteiger partial charge < -0.3 is 9.72 Å². The van der Waals surface area contributed by atoms with Gasteiger partial charge in [0, 0.05) is 37.1 Å². The van der Waals surface area contributed by atoms with Crippen LogP contribution in [0.3, 0.4) is 0 Å². The quantitative estimate of drug-likeness (QED) is 0.620. The predicted molar refractivity (Wildman–Crippen MR) is 121 cm³/mol. The molecule has 170 valence electrons. The number of ether oxygens (including phenoxy) is 1. The minimum absolute atomic E-state index is 0.294. The molecule has 6 heteroatoms. The number of halogens is 1. The molecule has 4 rings (SSSR count). The number of fused-ring (bicyclic) bond motifs is 3. The van der Waals surface area contributed by atoms with E-state index in [1.54, 1.807) is 6.07 Å². The number of imidazole rings is 1. The number of hydrogen-bond acceptors (Lipinski definition) is 4. The Balaban J connectivity index is 1.33. The molecule has 3 atom stereocenters. The molecule has 2 fully saturated rings. The SMILES string of the molecule is COc1cc(F)c2nc(CC3C[C@H]4CC[C@@H](C3)N4CC(=O)CCCC(C)(C)C)[nH]c2c1. The van der Waals surface area contributed by atoms with Crippen molar-refractivity contribution in [2.75, 3.05) is 13.7 Å². The van der Waals surface area contributed by atoms with E-state index in [4.69, 9.17) is 4.74 Å². The zero-order chi connectivity index (χ0) is 22.2. The fourth-order valence-electron chi connectivity index (χ4n) is 5.50. The van der Waals surface area contributed by atoms with E-state index in [-0.39, 0.29) is 5.82 Å². The number of hydrogen-bond donors (Lipinski definition) is 1. The molecule has 1 aromatic heterocycles. The van der Waals surface area contributed by atoms with Gasteiger partial charge >= 0.3 is 0 Å². The molecule has 0 aliphatic carbocycles. The van der Waals surface area contributed by atoms with Crippen LogP contribution in [-0.4, -0.2) is 46.4 Å². The fourth-order valence-corrected chi connectivity index (χ4v) is 5.50. The van der Waals surface area contributed by atoms with Crippen molar-refractivity contribution in [3.8, 4) is 5.75 Å². The maximum atomic E-state index is 14.3. The molecular weight excluding hydrogens is 393 g/mol. The average Bonchev–Trinajstić information content (AvgIpc) is 3.18.